The summed E-state index contributed by atoms with van der Waals surface area (Å²) in [6.45, 7) is 9.52. The van der Waals surface area contributed by atoms with E-state index in [-0.39, 0.29) is 17.3 Å². The van der Waals surface area contributed by atoms with Crippen molar-refractivity contribution >= 4 is 27.5 Å². The molecule has 0 aliphatic carbocycles. The molecular weight excluding hydrogens is 498 g/mol. The van der Waals surface area contributed by atoms with Crippen LogP contribution >= 0.6 is 0 Å². The summed E-state index contributed by atoms with van der Waals surface area (Å²) < 4.78 is 29.0. The summed E-state index contributed by atoms with van der Waals surface area (Å²) in [5, 5.41) is 2.82. The Hall–Kier alpha value is -3.65. The standard InChI is InChI=1S/C30H37N3O4S/c1-6-27(30(35)31-7-2)32(20-25-17-14-22(3)15-18-25)29(34)21-33(28-19-23(4)13-16-24(28)5)38(36,37)26-11-9-8-10-12-26/h8-19,27H,6-7,20-21H2,1-5H3,(H,31,35). The Morgan fingerprint density at radius 3 is 2.11 bits per heavy atom. The Morgan fingerprint density at radius 1 is 0.868 bits per heavy atom. The van der Waals surface area contributed by atoms with Gasteiger partial charge in [0.05, 0.1) is 10.6 Å². The number of hydrogen-bond donors (Lipinski definition) is 1. The van der Waals surface area contributed by atoms with Crippen LogP contribution in [0.1, 0.15) is 42.5 Å². The quantitative estimate of drug-likeness (QED) is 0.384. The van der Waals surface area contributed by atoms with Crippen LogP contribution in [-0.2, 0) is 26.2 Å². The van der Waals surface area contributed by atoms with Gasteiger partial charge in [-0.2, -0.15) is 0 Å². The van der Waals surface area contributed by atoms with Crippen LogP contribution in [0.5, 0.6) is 0 Å². The third kappa shape index (κ3) is 6.81. The lowest BCUT2D eigenvalue weighted by molar-refractivity contribution is -0.140. The fourth-order valence-corrected chi connectivity index (χ4v) is 5.81. The van der Waals surface area contributed by atoms with Gasteiger partial charge in [-0.1, -0.05) is 67.1 Å². The highest BCUT2D eigenvalue weighted by molar-refractivity contribution is 7.92. The minimum absolute atomic E-state index is 0.0922. The number of sulfonamides is 1. The summed E-state index contributed by atoms with van der Waals surface area (Å²) in [5.74, 6) is -0.719. The topological polar surface area (TPSA) is 86.8 Å². The number of rotatable bonds is 11. The van der Waals surface area contributed by atoms with Crippen molar-refractivity contribution in [2.24, 2.45) is 0 Å². The summed E-state index contributed by atoms with van der Waals surface area (Å²) in [4.78, 5) is 28.6. The molecule has 0 saturated heterocycles. The summed E-state index contributed by atoms with van der Waals surface area (Å²) >= 11 is 0. The zero-order valence-corrected chi connectivity index (χ0v) is 23.6. The molecule has 202 valence electrons. The molecule has 0 saturated carbocycles. The molecule has 0 bridgehead atoms. The molecule has 0 fully saturated rings. The van der Waals surface area contributed by atoms with E-state index in [9.17, 15) is 18.0 Å². The largest absolute Gasteiger partial charge is 0.355 e. The second-order valence-electron chi connectivity index (χ2n) is 9.44. The van der Waals surface area contributed by atoms with Crippen LogP contribution in [0.2, 0.25) is 0 Å². The van der Waals surface area contributed by atoms with Gasteiger partial charge in [0.2, 0.25) is 11.8 Å². The Balaban J connectivity index is 2.08. The van der Waals surface area contributed by atoms with Gasteiger partial charge in [-0.3, -0.25) is 13.9 Å². The molecule has 0 aliphatic rings. The van der Waals surface area contributed by atoms with E-state index in [1.807, 2.05) is 71.0 Å². The summed E-state index contributed by atoms with van der Waals surface area (Å²) in [6, 6.07) is 20.6. The number of nitrogens with zero attached hydrogens (tertiary/aromatic N) is 2. The van der Waals surface area contributed by atoms with Gasteiger partial charge in [0.1, 0.15) is 12.6 Å². The molecule has 0 radical (unpaired) electrons. The van der Waals surface area contributed by atoms with Crippen LogP contribution in [0.15, 0.2) is 77.7 Å². The van der Waals surface area contributed by atoms with E-state index in [1.165, 1.54) is 21.3 Å². The number of aryl methyl sites for hydroxylation is 3. The molecule has 0 aromatic heterocycles. The van der Waals surface area contributed by atoms with E-state index in [4.69, 9.17) is 0 Å². The van der Waals surface area contributed by atoms with Gasteiger partial charge in [-0.25, -0.2) is 8.42 Å². The maximum absolute atomic E-state index is 14.0. The third-order valence-electron chi connectivity index (χ3n) is 6.45. The monoisotopic (exact) mass is 535 g/mol. The zero-order chi connectivity index (χ0) is 27.9. The average Bonchev–Trinajstić information content (AvgIpc) is 2.90. The molecule has 1 atom stereocenters. The molecule has 0 spiro atoms. The minimum Gasteiger partial charge on any atom is -0.355 e. The molecule has 1 unspecified atom stereocenters. The van der Waals surface area contributed by atoms with E-state index in [2.05, 4.69) is 5.32 Å². The normalized spacial score (nSPS) is 12.0. The lowest BCUT2D eigenvalue weighted by Gasteiger charge is -2.33. The van der Waals surface area contributed by atoms with Gasteiger partial charge in [-0.15, -0.1) is 0 Å². The summed E-state index contributed by atoms with van der Waals surface area (Å²) in [7, 11) is -4.08. The first-order valence-corrected chi connectivity index (χ1v) is 14.3. The molecule has 0 heterocycles. The number of carbonyl (C=O) groups is 2. The lowest BCUT2D eigenvalue weighted by atomic mass is 10.1. The molecular formula is C30H37N3O4S. The van der Waals surface area contributed by atoms with Crippen molar-refractivity contribution < 1.29 is 18.0 Å². The van der Waals surface area contributed by atoms with Crippen LogP contribution < -0.4 is 9.62 Å². The molecule has 3 rings (SSSR count). The van der Waals surface area contributed by atoms with Gasteiger partial charge in [-0.05, 0) is 69.0 Å². The summed E-state index contributed by atoms with van der Waals surface area (Å²) in [6.07, 6.45) is 0.387. The molecule has 8 heteroatoms. The first kappa shape index (κ1) is 28.9. The van der Waals surface area contributed by atoms with Crippen LogP contribution in [0.4, 0.5) is 5.69 Å². The first-order valence-electron chi connectivity index (χ1n) is 12.9. The molecule has 3 aromatic rings. The second kappa shape index (κ2) is 12.7. The lowest BCUT2D eigenvalue weighted by Crippen LogP contribution is -2.52. The van der Waals surface area contributed by atoms with Gasteiger partial charge in [0, 0.05) is 13.1 Å². The van der Waals surface area contributed by atoms with Crippen LogP contribution in [0.3, 0.4) is 0 Å². The van der Waals surface area contributed by atoms with Crippen molar-refractivity contribution in [3.63, 3.8) is 0 Å². The Bertz CT molecular complexity index is 1360. The predicted octanol–water partition coefficient (Wildman–Crippen LogP) is 4.75. The Kier molecular flexibility index (Phi) is 9.69. The fraction of sp³-hybridized carbons (Fsp3) is 0.333. The highest BCUT2D eigenvalue weighted by Gasteiger charge is 2.34. The van der Waals surface area contributed by atoms with Crippen molar-refractivity contribution in [2.75, 3.05) is 17.4 Å². The number of hydrogen-bond acceptors (Lipinski definition) is 4. The molecule has 3 aromatic carbocycles. The first-order chi connectivity index (χ1) is 18.1. The van der Waals surface area contributed by atoms with E-state index >= 15 is 0 Å². The fourth-order valence-electron chi connectivity index (χ4n) is 4.32. The van der Waals surface area contributed by atoms with E-state index in [0.29, 0.717) is 18.7 Å². The van der Waals surface area contributed by atoms with Crippen molar-refractivity contribution in [1.82, 2.24) is 10.2 Å². The Labute approximate surface area is 226 Å². The average molecular weight is 536 g/mol. The third-order valence-corrected chi connectivity index (χ3v) is 8.23. The van der Waals surface area contributed by atoms with Crippen molar-refractivity contribution in [3.05, 3.63) is 95.1 Å². The maximum Gasteiger partial charge on any atom is 0.264 e. The minimum atomic E-state index is -4.08. The molecule has 38 heavy (non-hydrogen) atoms. The van der Waals surface area contributed by atoms with Gasteiger partial charge in [0.15, 0.2) is 0 Å². The maximum atomic E-state index is 14.0. The van der Waals surface area contributed by atoms with Crippen molar-refractivity contribution in [2.45, 2.75) is 58.5 Å². The number of amides is 2. The van der Waals surface area contributed by atoms with Crippen LogP contribution in [0, 0.1) is 20.8 Å². The number of nitrogens with one attached hydrogen (secondary N) is 1. The Morgan fingerprint density at radius 2 is 1.50 bits per heavy atom. The smallest absolute Gasteiger partial charge is 0.264 e. The van der Waals surface area contributed by atoms with E-state index < -0.39 is 28.5 Å². The second-order valence-corrected chi connectivity index (χ2v) is 11.3. The van der Waals surface area contributed by atoms with E-state index in [1.54, 1.807) is 24.3 Å². The molecule has 1 N–H and O–H groups in total. The zero-order valence-electron chi connectivity index (χ0n) is 22.8. The number of carbonyl (C=O) groups excluding carboxylic acids is 2. The SMILES string of the molecule is CCNC(=O)C(CC)N(Cc1ccc(C)cc1)C(=O)CN(c1cc(C)ccc1C)S(=O)(=O)c1ccccc1. The molecule has 7 nitrogen and oxygen atoms in total. The van der Waals surface area contributed by atoms with Crippen molar-refractivity contribution in [1.29, 1.82) is 0 Å². The van der Waals surface area contributed by atoms with Gasteiger partial charge in [0.25, 0.3) is 10.0 Å². The number of anilines is 1. The molecule has 0 aliphatic heterocycles. The van der Waals surface area contributed by atoms with Crippen LogP contribution in [-0.4, -0.2) is 44.3 Å². The van der Waals surface area contributed by atoms with Crippen LogP contribution in [0.25, 0.3) is 0 Å². The predicted molar refractivity (Wildman–Crippen MR) is 151 cm³/mol. The van der Waals surface area contributed by atoms with Crippen molar-refractivity contribution in [3.8, 4) is 0 Å². The van der Waals surface area contributed by atoms with Gasteiger partial charge >= 0.3 is 0 Å². The molecule has 2 amide bonds. The highest BCUT2D eigenvalue weighted by Crippen LogP contribution is 2.28. The summed E-state index contributed by atoms with van der Waals surface area (Å²) in [5.41, 5.74) is 3.97. The van der Waals surface area contributed by atoms with Gasteiger partial charge < -0.3 is 10.2 Å². The number of benzene rings is 3. The highest BCUT2D eigenvalue weighted by atomic mass is 32.2. The number of likely N-dealkylation sites (N-methyl/N-ethyl adjacent to an activating group) is 1. The van der Waals surface area contributed by atoms with E-state index in [0.717, 1.165) is 22.3 Å².